The van der Waals surface area contributed by atoms with Gasteiger partial charge < -0.3 is 15.4 Å². The van der Waals surface area contributed by atoms with Gasteiger partial charge in [0.05, 0.1) is 24.4 Å². The molecular weight excluding hydrogens is 320 g/mol. The molecule has 2 aromatic rings. The minimum Gasteiger partial charge on any atom is -0.496 e. The highest BCUT2D eigenvalue weighted by atomic mass is 32.1. The predicted octanol–water partition coefficient (Wildman–Crippen LogP) is 3.07. The summed E-state index contributed by atoms with van der Waals surface area (Å²) in [5, 5.41) is 7.80. The molecule has 0 saturated heterocycles. The van der Waals surface area contributed by atoms with Crippen molar-refractivity contribution < 1.29 is 4.74 Å². The van der Waals surface area contributed by atoms with E-state index in [0.717, 1.165) is 47.5 Å². The van der Waals surface area contributed by atoms with Gasteiger partial charge in [-0.05, 0) is 26.8 Å². The summed E-state index contributed by atoms with van der Waals surface area (Å²) < 4.78 is 5.38. The second-order valence-corrected chi connectivity index (χ2v) is 6.71. The predicted molar refractivity (Wildman–Crippen MR) is 101 cm³/mol. The van der Waals surface area contributed by atoms with Gasteiger partial charge in [0.25, 0.3) is 0 Å². The van der Waals surface area contributed by atoms with Crippen LogP contribution >= 0.6 is 11.3 Å². The Morgan fingerprint density at radius 1 is 1.25 bits per heavy atom. The fraction of sp³-hybridized carbons (Fsp3) is 0.444. The van der Waals surface area contributed by atoms with Crippen LogP contribution in [0, 0.1) is 13.8 Å². The number of rotatable bonds is 7. The summed E-state index contributed by atoms with van der Waals surface area (Å²) in [4.78, 5) is 10.5. The molecule has 6 heteroatoms. The van der Waals surface area contributed by atoms with E-state index < -0.39 is 0 Å². The van der Waals surface area contributed by atoms with Crippen LogP contribution in [0.15, 0.2) is 29.3 Å². The third-order valence-electron chi connectivity index (χ3n) is 3.59. The number of para-hydroxylation sites is 1. The second kappa shape index (κ2) is 9.27. The Bertz CT molecular complexity index is 681. The molecule has 1 aromatic carbocycles. The van der Waals surface area contributed by atoms with E-state index in [1.54, 1.807) is 18.4 Å². The summed E-state index contributed by atoms with van der Waals surface area (Å²) in [5.74, 6) is 1.69. The molecule has 0 bridgehead atoms. The van der Waals surface area contributed by atoms with Gasteiger partial charge in [-0.3, -0.25) is 0 Å². The van der Waals surface area contributed by atoms with Gasteiger partial charge in [-0.25, -0.2) is 9.98 Å². The molecule has 5 nitrogen and oxygen atoms in total. The van der Waals surface area contributed by atoms with Crippen molar-refractivity contribution in [1.82, 2.24) is 15.6 Å². The quantitative estimate of drug-likeness (QED) is 0.597. The van der Waals surface area contributed by atoms with Crippen LogP contribution in [-0.2, 0) is 13.0 Å². The van der Waals surface area contributed by atoms with E-state index in [1.807, 2.05) is 31.2 Å². The lowest BCUT2D eigenvalue weighted by atomic mass is 10.2. The average molecular weight is 347 g/mol. The normalized spacial score (nSPS) is 11.4. The number of hydrogen-bond donors (Lipinski definition) is 2. The van der Waals surface area contributed by atoms with Crippen LogP contribution in [0.3, 0.4) is 0 Å². The Hall–Kier alpha value is -2.08. The molecule has 0 radical (unpaired) electrons. The second-order valence-electron chi connectivity index (χ2n) is 5.43. The molecule has 0 aliphatic heterocycles. The van der Waals surface area contributed by atoms with E-state index in [0.29, 0.717) is 6.54 Å². The number of thiazole rings is 1. The zero-order valence-corrected chi connectivity index (χ0v) is 15.7. The molecule has 0 aliphatic rings. The Labute approximate surface area is 148 Å². The fourth-order valence-electron chi connectivity index (χ4n) is 2.44. The van der Waals surface area contributed by atoms with E-state index in [2.05, 4.69) is 34.5 Å². The van der Waals surface area contributed by atoms with Crippen molar-refractivity contribution in [3.8, 4) is 5.75 Å². The van der Waals surface area contributed by atoms with Crippen molar-refractivity contribution in [3.63, 3.8) is 0 Å². The maximum Gasteiger partial charge on any atom is 0.191 e. The lowest BCUT2D eigenvalue weighted by molar-refractivity contribution is 0.410. The molecule has 0 saturated carbocycles. The largest absolute Gasteiger partial charge is 0.496 e. The van der Waals surface area contributed by atoms with E-state index >= 15 is 0 Å². The number of guanidine groups is 1. The van der Waals surface area contributed by atoms with E-state index in [9.17, 15) is 0 Å². The smallest absolute Gasteiger partial charge is 0.191 e. The Kier molecular flexibility index (Phi) is 7.06. The Morgan fingerprint density at radius 2 is 2.04 bits per heavy atom. The minimum atomic E-state index is 0.581. The number of ether oxygens (including phenoxy) is 1. The summed E-state index contributed by atoms with van der Waals surface area (Å²) in [6, 6.07) is 7.97. The minimum absolute atomic E-state index is 0.581. The van der Waals surface area contributed by atoms with Gasteiger partial charge in [-0.1, -0.05) is 18.2 Å². The van der Waals surface area contributed by atoms with Crippen LogP contribution in [-0.4, -0.2) is 31.1 Å². The summed E-state index contributed by atoms with van der Waals surface area (Å²) in [5.41, 5.74) is 2.21. The van der Waals surface area contributed by atoms with Crippen LogP contribution < -0.4 is 15.4 Å². The Morgan fingerprint density at radius 3 is 2.71 bits per heavy atom. The van der Waals surface area contributed by atoms with Gasteiger partial charge >= 0.3 is 0 Å². The molecule has 1 heterocycles. The van der Waals surface area contributed by atoms with Gasteiger partial charge in [-0.15, -0.1) is 11.3 Å². The van der Waals surface area contributed by atoms with E-state index in [-0.39, 0.29) is 0 Å². The van der Waals surface area contributed by atoms with Crippen LogP contribution in [0.4, 0.5) is 0 Å². The van der Waals surface area contributed by atoms with Gasteiger partial charge in [0.2, 0.25) is 0 Å². The zero-order valence-electron chi connectivity index (χ0n) is 14.8. The van der Waals surface area contributed by atoms with Crippen molar-refractivity contribution >= 4 is 17.3 Å². The first-order chi connectivity index (χ1) is 11.6. The molecule has 0 fully saturated rings. The number of aryl methyl sites for hydroxylation is 2. The molecule has 0 unspecified atom stereocenters. The highest BCUT2D eigenvalue weighted by Crippen LogP contribution is 2.18. The summed E-state index contributed by atoms with van der Waals surface area (Å²) in [7, 11) is 1.69. The van der Waals surface area contributed by atoms with Gasteiger partial charge in [-0.2, -0.15) is 0 Å². The first kappa shape index (κ1) is 18.3. The number of nitrogens with one attached hydrogen (secondary N) is 2. The van der Waals surface area contributed by atoms with Gasteiger partial charge in [0.1, 0.15) is 5.75 Å². The summed E-state index contributed by atoms with van der Waals surface area (Å²) >= 11 is 1.77. The Balaban J connectivity index is 1.94. The van der Waals surface area contributed by atoms with Crippen LogP contribution in [0.1, 0.15) is 28.1 Å². The van der Waals surface area contributed by atoms with Gasteiger partial charge in [0.15, 0.2) is 5.96 Å². The van der Waals surface area contributed by atoms with Crippen LogP contribution in [0.2, 0.25) is 0 Å². The zero-order chi connectivity index (χ0) is 17.4. The molecule has 2 rings (SSSR count). The fourth-order valence-corrected chi connectivity index (χ4v) is 3.38. The molecule has 2 N–H and O–H groups in total. The molecule has 1 aromatic heterocycles. The van der Waals surface area contributed by atoms with Crippen LogP contribution in [0.5, 0.6) is 5.75 Å². The first-order valence-corrected chi connectivity index (χ1v) is 9.02. The average Bonchev–Trinajstić information content (AvgIpc) is 2.90. The van der Waals surface area contributed by atoms with Crippen molar-refractivity contribution in [3.05, 3.63) is 45.4 Å². The molecule has 0 amide bonds. The maximum atomic E-state index is 5.38. The number of methoxy groups -OCH3 is 1. The summed E-state index contributed by atoms with van der Waals surface area (Å²) in [6.45, 7) is 8.43. The highest BCUT2D eigenvalue weighted by molar-refractivity contribution is 7.11. The number of nitrogens with zero attached hydrogens (tertiary/aromatic N) is 2. The molecular formula is C18H26N4OS. The maximum absolute atomic E-state index is 5.38. The van der Waals surface area contributed by atoms with Gasteiger partial charge in [0, 0.05) is 30.0 Å². The lowest BCUT2D eigenvalue weighted by Gasteiger charge is -2.12. The molecule has 24 heavy (non-hydrogen) atoms. The third kappa shape index (κ3) is 5.23. The topological polar surface area (TPSA) is 58.5 Å². The SMILES string of the molecule is CCNC(=NCc1ccccc1OC)NCCc1sc(C)nc1C. The molecule has 0 spiro atoms. The molecule has 0 aliphatic carbocycles. The number of hydrogen-bond acceptors (Lipinski definition) is 4. The van der Waals surface area contributed by atoms with E-state index in [1.165, 1.54) is 4.88 Å². The molecule has 130 valence electrons. The number of aliphatic imine (C=N–C) groups is 1. The van der Waals surface area contributed by atoms with Crippen molar-refractivity contribution in [2.75, 3.05) is 20.2 Å². The van der Waals surface area contributed by atoms with Crippen molar-refractivity contribution in [2.24, 2.45) is 4.99 Å². The molecule has 0 atom stereocenters. The lowest BCUT2D eigenvalue weighted by Crippen LogP contribution is -2.38. The van der Waals surface area contributed by atoms with Crippen molar-refractivity contribution in [1.29, 1.82) is 0 Å². The number of aromatic nitrogens is 1. The highest BCUT2D eigenvalue weighted by Gasteiger charge is 2.06. The standard InChI is InChI=1S/C18H26N4OS/c1-5-19-18(20-11-10-17-13(2)22-14(3)24-17)21-12-15-8-6-7-9-16(15)23-4/h6-9H,5,10-12H2,1-4H3,(H2,19,20,21). The van der Waals surface area contributed by atoms with Crippen LogP contribution in [0.25, 0.3) is 0 Å². The monoisotopic (exact) mass is 346 g/mol. The number of benzene rings is 1. The third-order valence-corrected chi connectivity index (χ3v) is 4.72. The van der Waals surface area contributed by atoms with Crippen molar-refractivity contribution in [2.45, 2.75) is 33.7 Å². The van der Waals surface area contributed by atoms with E-state index in [4.69, 9.17) is 4.74 Å². The summed E-state index contributed by atoms with van der Waals surface area (Å²) in [6.07, 6.45) is 0.955. The first-order valence-electron chi connectivity index (χ1n) is 8.21.